The van der Waals surface area contributed by atoms with Crippen LogP contribution < -0.4 is 10.6 Å². The van der Waals surface area contributed by atoms with Gasteiger partial charge in [-0.3, -0.25) is 9.48 Å². The first-order valence-corrected chi connectivity index (χ1v) is 9.84. The Morgan fingerprint density at radius 3 is 2.63 bits per heavy atom. The summed E-state index contributed by atoms with van der Waals surface area (Å²) in [6, 6.07) is 9.73. The third-order valence-electron chi connectivity index (χ3n) is 4.88. The van der Waals surface area contributed by atoms with Crippen LogP contribution in [0.1, 0.15) is 48.7 Å². The fraction of sp³-hybridized carbons (Fsp3) is 0.318. The van der Waals surface area contributed by atoms with Crippen molar-refractivity contribution in [2.24, 2.45) is 0 Å². The molecule has 0 bridgehead atoms. The van der Waals surface area contributed by atoms with E-state index in [9.17, 15) is 4.79 Å². The number of aromatic nitrogens is 4. The minimum atomic E-state index is -0.924. The molecule has 8 nitrogen and oxygen atoms in total. The second-order valence-corrected chi connectivity index (χ2v) is 8.06. The van der Waals surface area contributed by atoms with E-state index in [4.69, 9.17) is 5.26 Å². The van der Waals surface area contributed by atoms with Gasteiger partial charge in [0.05, 0.1) is 29.7 Å². The summed E-state index contributed by atoms with van der Waals surface area (Å²) in [4.78, 5) is 21.4. The van der Waals surface area contributed by atoms with E-state index in [0.717, 1.165) is 22.5 Å². The number of nitrogens with one attached hydrogen (secondary N) is 2. The lowest BCUT2D eigenvalue weighted by molar-refractivity contribution is 0.0929. The highest BCUT2D eigenvalue weighted by Crippen LogP contribution is 2.34. The van der Waals surface area contributed by atoms with Crippen LogP contribution in [0.15, 0.2) is 42.9 Å². The van der Waals surface area contributed by atoms with Crippen molar-refractivity contribution < 1.29 is 4.79 Å². The molecule has 30 heavy (non-hydrogen) atoms. The number of nitriles is 1. The number of amides is 1. The topological polar surface area (TPSA) is 109 Å². The summed E-state index contributed by atoms with van der Waals surface area (Å²) >= 11 is 0. The lowest BCUT2D eigenvalue weighted by Crippen LogP contribution is -2.42. The lowest BCUT2D eigenvalue weighted by Gasteiger charge is -2.17. The van der Waals surface area contributed by atoms with Crippen molar-refractivity contribution in [3.05, 3.63) is 54.0 Å². The second-order valence-electron chi connectivity index (χ2n) is 8.06. The lowest BCUT2D eigenvalue weighted by atomic mass is 10.0. The predicted octanol–water partition coefficient (Wildman–Crippen LogP) is 3.76. The molecule has 0 atom stereocenters. The van der Waals surface area contributed by atoms with Gasteiger partial charge >= 0.3 is 0 Å². The average molecular weight is 401 g/mol. The molecule has 1 amide bonds. The van der Waals surface area contributed by atoms with E-state index in [0.29, 0.717) is 17.6 Å². The fourth-order valence-corrected chi connectivity index (χ4v) is 3.03. The Kier molecular flexibility index (Phi) is 4.96. The number of carbonyl (C=O) groups is 1. The number of anilines is 2. The van der Waals surface area contributed by atoms with Gasteiger partial charge in [-0.15, -0.1) is 0 Å². The van der Waals surface area contributed by atoms with Crippen LogP contribution in [0.2, 0.25) is 0 Å². The van der Waals surface area contributed by atoms with Crippen molar-refractivity contribution in [2.45, 2.75) is 45.2 Å². The number of rotatable bonds is 6. The zero-order valence-electron chi connectivity index (χ0n) is 17.2. The quantitative estimate of drug-likeness (QED) is 0.651. The number of hydrogen-bond donors (Lipinski definition) is 2. The van der Waals surface area contributed by atoms with E-state index in [1.54, 1.807) is 38.4 Å². The Bertz CT molecular complexity index is 1120. The molecular formula is C22H23N7O. The molecule has 8 heteroatoms. The van der Waals surface area contributed by atoms with Gasteiger partial charge in [0.2, 0.25) is 5.95 Å². The molecule has 4 rings (SSSR count). The SMILES string of the molecule is Cc1cnc(Nc2cnn(C3CC3)c2)nc1-c1ccc(C(=O)NC(C)(C)C#N)cc1. The first kappa shape index (κ1) is 19.6. The molecular weight excluding hydrogens is 378 g/mol. The van der Waals surface area contributed by atoms with Crippen molar-refractivity contribution in [2.75, 3.05) is 5.32 Å². The first-order valence-electron chi connectivity index (χ1n) is 9.84. The van der Waals surface area contributed by atoms with Gasteiger partial charge in [-0.1, -0.05) is 12.1 Å². The molecule has 1 fully saturated rings. The maximum atomic E-state index is 12.3. The normalized spacial score (nSPS) is 13.5. The zero-order chi connectivity index (χ0) is 21.3. The first-order chi connectivity index (χ1) is 14.3. The molecule has 1 aliphatic carbocycles. The van der Waals surface area contributed by atoms with Gasteiger partial charge in [0.1, 0.15) is 5.54 Å². The van der Waals surface area contributed by atoms with Gasteiger partial charge in [0.15, 0.2) is 0 Å². The summed E-state index contributed by atoms with van der Waals surface area (Å²) in [6.07, 6.45) is 7.86. The Morgan fingerprint density at radius 2 is 1.97 bits per heavy atom. The number of benzene rings is 1. The summed E-state index contributed by atoms with van der Waals surface area (Å²) in [5.74, 6) is 0.200. The molecule has 3 aromatic rings. The Hall–Kier alpha value is -3.73. The van der Waals surface area contributed by atoms with Crippen LogP contribution >= 0.6 is 0 Å². The van der Waals surface area contributed by atoms with Crippen LogP contribution in [0, 0.1) is 18.3 Å². The van der Waals surface area contributed by atoms with E-state index in [1.807, 2.05) is 29.9 Å². The molecule has 1 aliphatic rings. The molecule has 0 aliphatic heterocycles. The van der Waals surface area contributed by atoms with Crippen LogP contribution in [-0.4, -0.2) is 31.2 Å². The largest absolute Gasteiger partial charge is 0.334 e. The average Bonchev–Trinajstić information content (AvgIpc) is 3.48. The molecule has 0 spiro atoms. The van der Waals surface area contributed by atoms with E-state index < -0.39 is 5.54 Å². The van der Waals surface area contributed by atoms with Gasteiger partial charge in [-0.05, 0) is 51.3 Å². The molecule has 0 radical (unpaired) electrons. The number of carbonyl (C=O) groups excluding carboxylic acids is 1. The van der Waals surface area contributed by atoms with Gasteiger partial charge in [-0.2, -0.15) is 10.4 Å². The van der Waals surface area contributed by atoms with Crippen molar-refractivity contribution >= 4 is 17.5 Å². The third kappa shape index (κ3) is 4.30. The molecule has 2 heterocycles. The standard InChI is InChI=1S/C22H23N7O/c1-14-10-24-21(26-17-11-25-29(12-17)18-8-9-18)27-19(14)15-4-6-16(7-5-15)20(30)28-22(2,3)13-23/h4-7,10-12,18H,8-9H2,1-3H3,(H,28,30)(H,24,26,27). The Morgan fingerprint density at radius 1 is 1.23 bits per heavy atom. The van der Waals surface area contributed by atoms with Gasteiger partial charge in [-0.25, -0.2) is 9.97 Å². The van der Waals surface area contributed by atoms with Crippen molar-refractivity contribution in [3.63, 3.8) is 0 Å². The summed E-state index contributed by atoms with van der Waals surface area (Å²) in [6.45, 7) is 5.26. The smallest absolute Gasteiger partial charge is 0.252 e. The van der Waals surface area contributed by atoms with Gasteiger partial charge < -0.3 is 10.6 Å². The summed E-state index contributed by atoms with van der Waals surface area (Å²) in [7, 11) is 0. The van der Waals surface area contributed by atoms with Crippen molar-refractivity contribution in [1.29, 1.82) is 5.26 Å². The molecule has 1 aromatic carbocycles. The zero-order valence-corrected chi connectivity index (χ0v) is 17.2. The predicted molar refractivity (Wildman–Crippen MR) is 113 cm³/mol. The van der Waals surface area contributed by atoms with Crippen molar-refractivity contribution in [3.8, 4) is 17.3 Å². The fourth-order valence-electron chi connectivity index (χ4n) is 3.03. The summed E-state index contributed by atoms with van der Waals surface area (Å²) < 4.78 is 1.97. The van der Waals surface area contributed by atoms with E-state index >= 15 is 0 Å². The van der Waals surface area contributed by atoms with Gasteiger partial charge in [0, 0.05) is 23.5 Å². The molecule has 152 valence electrons. The second kappa shape index (κ2) is 7.59. The van der Waals surface area contributed by atoms with E-state index in [2.05, 4.69) is 31.8 Å². The van der Waals surface area contributed by atoms with Crippen molar-refractivity contribution in [1.82, 2.24) is 25.1 Å². The maximum Gasteiger partial charge on any atom is 0.252 e. The maximum absolute atomic E-state index is 12.3. The highest BCUT2D eigenvalue weighted by molar-refractivity contribution is 5.95. The monoisotopic (exact) mass is 401 g/mol. The molecule has 0 saturated heterocycles. The molecule has 2 aromatic heterocycles. The third-order valence-corrected chi connectivity index (χ3v) is 4.88. The minimum absolute atomic E-state index is 0.289. The van der Waals surface area contributed by atoms with Crippen LogP contribution in [0.4, 0.5) is 11.6 Å². The number of hydrogen-bond acceptors (Lipinski definition) is 6. The molecule has 1 saturated carbocycles. The minimum Gasteiger partial charge on any atom is -0.334 e. The van der Waals surface area contributed by atoms with E-state index in [1.165, 1.54) is 12.8 Å². The summed E-state index contributed by atoms with van der Waals surface area (Å²) in [5, 5.41) is 19.4. The molecule has 0 unspecified atom stereocenters. The van der Waals surface area contributed by atoms with Crippen LogP contribution in [0.25, 0.3) is 11.3 Å². The van der Waals surface area contributed by atoms with E-state index in [-0.39, 0.29) is 5.91 Å². The summed E-state index contributed by atoms with van der Waals surface area (Å²) in [5.41, 5.74) is 3.00. The Balaban J connectivity index is 1.52. The van der Waals surface area contributed by atoms with Gasteiger partial charge in [0.25, 0.3) is 5.91 Å². The van der Waals surface area contributed by atoms with Crippen LogP contribution in [0.3, 0.4) is 0 Å². The number of aryl methyl sites for hydroxylation is 1. The highest BCUT2D eigenvalue weighted by Gasteiger charge is 2.24. The number of nitrogens with zero attached hydrogens (tertiary/aromatic N) is 5. The van der Waals surface area contributed by atoms with Crippen LogP contribution in [0.5, 0.6) is 0 Å². The highest BCUT2D eigenvalue weighted by atomic mass is 16.1. The van der Waals surface area contributed by atoms with Crippen LogP contribution in [-0.2, 0) is 0 Å². The molecule has 2 N–H and O–H groups in total. The Labute approximate surface area is 175 Å².